The van der Waals surface area contributed by atoms with Crippen LogP contribution in [-0.2, 0) is 6.54 Å². The second-order valence-corrected chi connectivity index (χ2v) is 7.60. The number of fused-ring (bicyclic) bond motifs is 4. The number of aryl methyl sites for hydroxylation is 1. The van der Waals surface area contributed by atoms with E-state index in [1.54, 1.807) is 6.20 Å². The lowest BCUT2D eigenvalue weighted by Gasteiger charge is -2.20. The van der Waals surface area contributed by atoms with Crippen molar-refractivity contribution in [1.82, 2.24) is 25.0 Å². The summed E-state index contributed by atoms with van der Waals surface area (Å²) >= 11 is 0. The molecule has 2 aliphatic rings. The van der Waals surface area contributed by atoms with Crippen molar-refractivity contribution in [2.24, 2.45) is 5.92 Å². The molecule has 0 saturated heterocycles. The second-order valence-electron chi connectivity index (χ2n) is 7.60. The zero-order chi connectivity index (χ0) is 20.3. The van der Waals surface area contributed by atoms with Crippen LogP contribution in [0.5, 0.6) is 0 Å². The van der Waals surface area contributed by atoms with Crippen molar-refractivity contribution in [2.45, 2.75) is 44.9 Å². The van der Waals surface area contributed by atoms with Crippen molar-refractivity contribution in [3.8, 4) is 0 Å². The van der Waals surface area contributed by atoms with E-state index >= 15 is 0 Å². The van der Waals surface area contributed by atoms with Crippen molar-refractivity contribution < 1.29 is 13.2 Å². The maximum atomic E-state index is 12.9. The second kappa shape index (κ2) is 6.27. The van der Waals surface area contributed by atoms with Crippen molar-refractivity contribution >= 4 is 22.6 Å². The summed E-state index contributed by atoms with van der Waals surface area (Å²) in [5.74, 6) is 0.638. The summed E-state index contributed by atoms with van der Waals surface area (Å²) in [6.45, 7) is 3.79. The number of hydrogen-bond acceptors (Lipinski definition) is 5. The normalized spacial score (nSPS) is 21.3. The molecule has 29 heavy (non-hydrogen) atoms. The minimum absolute atomic E-state index is 0.0178. The molecule has 150 valence electrons. The Hall–Kier alpha value is -2.97. The van der Waals surface area contributed by atoms with Crippen molar-refractivity contribution in [2.75, 3.05) is 5.32 Å². The van der Waals surface area contributed by atoms with E-state index < -0.39 is 12.2 Å². The SMILES string of the molecule is CCn1nnc2ccc(C3=C[C@H]4CC4c4nc(N[C@H](C)C(F)(F)F)ncc43)cc21. The number of halogens is 3. The minimum atomic E-state index is -4.35. The Morgan fingerprint density at radius 3 is 2.90 bits per heavy atom. The minimum Gasteiger partial charge on any atom is -0.343 e. The highest BCUT2D eigenvalue weighted by Crippen LogP contribution is 2.55. The summed E-state index contributed by atoms with van der Waals surface area (Å²) in [6, 6.07) is 4.27. The third-order valence-corrected chi connectivity index (χ3v) is 5.64. The summed E-state index contributed by atoms with van der Waals surface area (Å²) in [5, 5.41) is 10.7. The van der Waals surface area contributed by atoms with E-state index in [1.165, 1.54) is 0 Å². The first-order valence-corrected chi connectivity index (χ1v) is 9.61. The van der Waals surface area contributed by atoms with Gasteiger partial charge in [-0.25, -0.2) is 14.6 Å². The van der Waals surface area contributed by atoms with Crippen LogP contribution < -0.4 is 5.32 Å². The smallest absolute Gasteiger partial charge is 0.343 e. The number of benzene rings is 1. The van der Waals surface area contributed by atoms with Gasteiger partial charge < -0.3 is 5.32 Å². The van der Waals surface area contributed by atoms with Crippen LogP contribution in [-0.4, -0.2) is 37.2 Å². The highest BCUT2D eigenvalue weighted by molar-refractivity contribution is 5.88. The van der Waals surface area contributed by atoms with Gasteiger partial charge in [-0.05, 0) is 49.5 Å². The summed E-state index contributed by atoms with van der Waals surface area (Å²) in [7, 11) is 0. The van der Waals surface area contributed by atoms with Gasteiger partial charge in [0, 0.05) is 24.2 Å². The molecule has 9 heteroatoms. The van der Waals surface area contributed by atoms with Crippen LogP contribution in [0.3, 0.4) is 0 Å². The molecule has 3 aromatic rings. The molecular weight excluding hydrogens is 381 g/mol. The summed E-state index contributed by atoms with van der Waals surface area (Å²) in [5.41, 5.74) is 5.50. The van der Waals surface area contributed by atoms with E-state index in [-0.39, 0.29) is 11.9 Å². The van der Waals surface area contributed by atoms with E-state index in [2.05, 4.69) is 37.7 Å². The third kappa shape index (κ3) is 3.04. The van der Waals surface area contributed by atoms with E-state index in [1.807, 2.05) is 23.7 Å². The molecule has 0 spiro atoms. The number of nitrogens with one attached hydrogen (secondary N) is 1. The van der Waals surface area contributed by atoms with Crippen molar-refractivity contribution in [1.29, 1.82) is 0 Å². The average Bonchev–Trinajstić information content (AvgIpc) is 3.37. The Bertz CT molecular complexity index is 1130. The molecule has 2 heterocycles. The van der Waals surface area contributed by atoms with Crippen molar-refractivity contribution in [3.63, 3.8) is 0 Å². The number of alkyl halides is 3. The van der Waals surface area contributed by atoms with Crippen LogP contribution in [0.15, 0.2) is 30.5 Å². The Labute approximate surface area is 164 Å². The van der Waals surface area contributed by atoms with Gasteiger partial charge in [-0.15, -0.1) is 5.10 Å². The fourth-order valence-corrected chi connectivity index (χ4v) is 3.87. The van der Waals surface area contributed by atoms with Crippen LogP contribution in [0.2, 0.25) is 0 Å². The van der Waals surface area contributed by atoms with E-state index in [4.69, 9.17) is 0 Å². The highest BCUT2D eigenvalue weighted by Gasteiger charge is 2.44. The zero-order valence-electron chi connectivity index (χ0n) is 15.9. The van der Waals surface area contributed by atoms with Gasteiger partial charge in [-0.3, -0.25) is 0 Å². The quantitative estimate of drug-likeness (QED) is 0.713. The number of anilines is 1. The van der Waals surface area contributed by atoms with Crippen molar-refractivity contribution in [3.05, 3.63) is 47.3 Å². The van der Waals surface area contributed by atoms with Gasteiger partial charge in [-0.1, -0.05) is 17.4 Å². The largest absolute Gasteiger partial charge is 0.408 e. The summed E-state index contributed by atoms with van der Waals surface area (Å²) in [4.78, 5) is 8.63. The third-order valence-electron chi connectivity index (χ3n) is 5.64. The fourth-order valence-electron chi connectivity index (χ4n) is 3.87. The summed E-state index contributed by atoms with van der Waals surface area (Å²) in [6.07, 6.45) is 0.466. The van der Waals surface area contributed by atoms with Gasteiger partial charge in [0.2, 0.25) is 5.95 Å². The standard InChI is InChI=1S/C20H19F3N6/c1-3-29-17-8-11(4-5-16(17)27-28-29)13-6-12-7-14(12)18-15(13)9-24-19(26-18)25-10(2)20(21,22)23/h4-6,8-10,12,14H,3,7H2,1-2H3,(H,24,25,26)/t10-,12+,14?/m1/s1. The molecule has 1 unspecified atom stereocenters. The molecule has 0 bridgehead atoms. The van der Waals surface area contributed by atoms with E-state index in [9.17, 15) is 13.2 Å². The predicted molar refractivity (Wildman–Crippen MR) is 102 cm³/mol. The first-order chi connectivity index (χ1) is 13.8. The lowest BCUT2D eigenvalue weighted by molar-refractivity contribution is -0.138. The molecular formula is C20H19F3N6. The van der Waals surface area contributed by atoms with Crippen LogP contribution in [0.1, 0.15) is 43.0 Å². The lowest BCUT2D eigenvalue weighted by atomic mass is 9.91. The van der Waals surface area contributed by atoms with Gasteiger partial charge in [0.15, 0.2) is 0 Å². The first-order valence-electron chi connectivity index (χ1n) is 9.61. The first kappa shape index (κ1) is 18.1. The maximum absolute atomic E-state index is 12.9. The lowest BCUT2D eigenvalue weighted by Crippen LogP contribution is -2.33. The van der Waals surface area contributed by atoms with E-state index in [0.29, 0.717) is 5.92 Å². The fraction of sp³-hybridized carbons (Fsp3) is 0.400. The zero-order valence-corrected chi connectivity index (χ0v) is 15.9. The Morgan fingerprint density at radius 2 is 2.14 bits per heavy atom. The molecule has 5 rings (SSSR count). The van der Waals surface area contributed by atoms with Crippen LogP contribution in [0, 0.1) is 5.92 Å². The molecule has 1 N–H and O–H groups in total. The number of aromatic nitrogens is 5. The molecule has 2 aromatic heterocycles. The predicted octanol–water partition coefficient (Wildman–Crippen LogP) is 4.15. The number of allylic oxidation sites excluding steroid dienone is 1. The molecule has 1 saturated carbocycles. The average molecular weight is 400 g/mol. The molecule has 2 aliphatic carbocycles. The Morgan fingerprint density at radius 1 is 1.31 bits per heavy atom. The number of nitrogens with zero attached hydrogens (tertiary/aromatic N) is 5. The van der Waals surface area contributed by atoms with Gasteiger partial charge in [0.1, 0.15) is 11.6 Å². The Balaban J connectivity index is 1.53. The molecule has 6 nitrogen and oxygen atoms in total. The van der Waals surface area contributed by atoms with Gasteiger partial charge >= 0.3 is 6.18 Å². The van der Waals surface area contributed by atoms with Crippen LogP contribution >= 0.6 is 0 Å². The molecule has 1 aromatic carbocycles. The summed E-state index contributed by atoms with van der Waals surface area (Å²) < 4.78 is 40.4. The monoisotopic (exact) mass is 400 g/mol. The van der Waals surface area contributed by atoms with Gasteiger partial charge in [-0.2, -0.15) is 13.2 Å². The molecule has 0 amide bonds. The maximum Gasteiger partial charge on any atom is 0.408 e. The van der Waals surface area contributed by atoms with Crippen LogP contribution in [0.25, 0.3) is 16.6 Å². The molecule has 0 aliphatic heterocycles. The number of rotatable bonds is 4. The molecule has 1 fully saturated rings. The van der Waals surface area contributed by atoms with Gasteiger partial charge in [0.25, 0.3) is 0 Å². The van der Waals surface area contributed by atoms with Crippen LogP contribution in [0.4, 0.5) is 19.1 Å². The molecule has 3 atom stereocenters. The Kier molecular flexibility index (Phi) is 3.91. The van der Waals surface area contributed by atoms with Gasteiger partial charge in [0.05, 0.1) is 11.2 Å². The topological polar surface area (TPSA) is 68.5 Å². The highest BCUT2D eigenvalue weighted by atomic mass is 19.4. The number of hydrogen-bond donors (Lipinski definition) is 1. The molecule has 0 radical (unpaired) electrons. The van der Waals surface area contributed by atoms with E-state index in [0.717, 1.165) is 53.3 Å².